The van der Waals surface area contributed by atoms with Crippen molar-refractivity contribution in [3.05, 3.63) is 52.7 Å². The predicted octanol–water partition coefficient (Wildman–Crippen LogP) is 5.43. The molecule has 6 rings (SSSR count). The van der Waals surface area contributed by atoms with Crippen molar-refractivity contribution in [2.24, 2.45) is 23.7 Å². The maximum Gasteiger partial charge on any atom is 0.311 e. The van der Waals surface area contributed by atoms with Gasteiger partial charge in [0, 0.05) is 61.2 Å². The normalized spacial score (nSPS) is 38.1. The molecule has 1 aromatic heterocycles. The number of esters is 1. The molecular weight excluding hydrogens is 985 g/mol. The molecular formula is C57H88N2O17. The van der Waals surface area contributed by atoms with Crippen LogP contribution in [-0.2, 0) is 33.2 Å². The molecule has 428 valence electrons. The number of fused-ring (bicyclic) bond motifs is 1. The second-order valence-electron chi connectivity index (χ2n) is 22.6. The molecule has 76 heavy (non-hydrogen) atoms. The second kappa shape index (κ2) is 25.4. The Kier molecular flexibility index (Phi) is 20.5. The average Bonchev–Trinajstić information content (AvgIpc) is 3.38. The molecule has 3 aliphatic heterocycles. The lowest BCUT2D eigenvalue weighted by Gasteiger charge is -2.49. The monoisotopic (exact) mass is 1070 g/mol. The number of ether oxygens (including phenoxy) is 9. The molecule has 0 radical (unpaired) electrons. The van der Waals surface area contributed by atoms with Gasteiger partial charge in [-0.3, -0.25) is 9.59 Å². The minimum atomic E-state index is -1.93. The highest BCUT2D eigenvalue weighted by atomic mass is 16.7. The predicted molar refractivity (Wildman–Crippen MR) is 284 cm³/mol. The third-order valence-corrected chi connectivity index (χ3v) is 16.4. The van der Waals surface area contributed by atoms with Crippen LogP contribution >= 0.6 is 0 Å². The van der Waals surface area contributed by atoms with E-state index in [1.54, 1.807) is 71.0 Å². The quantitative estimate of drug-likeness (QED) is 0.0773. The second-order valence-corrected chi connectivity index (χ2v) is 22.6. The third-order valence-electron chi connectivity index (χ3n) is 16.4. The Balaban J connectivity index is 1.27. The van der Waals surface area contributed by atoms with E-state index in [1.807, 2.05) is 46.7 Å². The first-order chi connectivity index (χ1) is 35.7. The number of benzene rings is 2. The van der Waals surface area contributed by atoms with Crippen LogP contribution in [0, 0.1) is 23.7 Å². The number of nitrogens with zero attached hydrogens (tertiary/aromatic N) is 1. The van der Waals surface area contributed by atoms with Gasteiger partial charge in [0.2, 0.25) is 0 Å². The minimum Gasteiger partial charge on any atom is -0.496 e. The molecule has 3 fully saturated rings. The molecule has 2 aromatic carbocycles. The number of likely N-dealkylation sites (N-methyl/N-ethyl adjacent to an activating group) is 1. The summed E-state index contributed by atoms with van der Waals surface area (Å²) in [6.07, 6.45) is -8.79. The van der Waals surface area contributed by atoms with E-state index in [1.165, 1.54) is 34.3 Å². The van der Waals surface area contributed by atoms with Crippen LogP contribution in [0.1, 0.15) is 101 Å². The summed E-state index contributed by atoms with van der Waals surface area (Å²) in [6.45, 7) is 18.2. The molecule has 19 heteroatoms. The minimum absolute atomic E-state index is 0.0727. The first-order valence-electron chi connectivity index (χ1n) is 26.9. The van der Waals surface area contributed by atoms with Gasteiger partial charge in [0.1, 0.15) is 57.9 Å². The molecule has 0 amide bonds. The molecule has 3 aromatic rings. The summed E-state index contributed by atoms with van der Waals surface area (Å²) >= 11 is 0. The van der Waals surface area contributed by atoms with Gasteiger partial charge in [0.25, 0.3) is 0 Å². The number of methoxy groups -OCH3 is 3. The Labute approximate surface area is 448 Å². The van der Waals surface area contributed by atoms with E-state index in [0.717, 1.165) is 0 Å². The van der Waals surface area contributed by atoms with Gasteiger partial charge in [-0.2, -0.15) is 0 Å². The van der Waals surface area contributed by atoms with Crippen molar-refractivity contribution in [3.63, 3.8) is 0 Å². The SMILES string of the molecule is CC[C@H]1OC(=O)[C@H](C)[C@@H](O[C@H]2C[C@@](C)(OC)[C@@H](O)[C@H](C)O2)[C@H](C)[C@@H](O[C@@H]2O[C@H](C)C[C@H](N(C)C)[C@H]2O)[C@](C)(O)C[C@@H](C)C(NCCCOc2ccc(-c3cc(=O)c4c(OC)cc(OC)cc4o3)cc2)[C@H](C)[C@@H](O)[C@]1(C)O. The van der Waals surface area contributed by atoms with E-state index >= 15 is 0 Å². The lowest BCUT2D eigenvalue weighted by atomic mass is 9.72. The summed E-state index contributed by atoms with van der Waals surface area (Å²) in [5.41, 5.74) is -4.00. The van der Waals surface area contributed by atoms with Gasteiger partial charge in [-0.05, 0) is 118 Å². The maximum atomic E-state index is 14.6. The molecule has 6 N–H and O–H groups in total. The Bertz CT molecular complexity index is 2420. The van der Waals surface area contributed by atoms with E-state index in [2.05, 4.69) is 5.32 Å². The smallest absolute Gasteiger partial charge is 0.311 e. The number of carbonyl (C=O) groups excluding carboxylic acids is 1. The number of rotatable bonds is 16. The van der Waals surface area contributed by atoms with E-state index < -0.39 is 108 Å². The summed E-state index contributed by atoms with van der Waals surface area (Å²) < 4.78 is 61.3. The van der Waals surface area contributed by atoms with Crippen LogP contribution in [-0.4, -0.2) is 175 Å². The van der Waals surface area contributed by atoms with Gasteiger partial charge in [0.15, 0.2) is 18.0 Å². The molecule has 19 nitrogen and oxygen atoms in total. The topological polar surface area (TPSA) is 247 Å². The lowest BCUT2D eigenvalue weighted by molar-refractivity contribution is -0.318. The van der Waals surface area contributed by atoms with Crippen molar-refractivity contribution in [3.8, 4) is 28.6 Å². The van der Waals surface area contributed by atoms with Crippen LogP contribution in [0.2, 0.25) is 0 Å². The fraction of sp³-hybridized carbons (Fsp3) is 0.719. The zero-order valence-electron chi connectivity index (χ0n) is 47.3. The maximum absolute atomic E-state index is 14.6. The average molecular weight is 1070 g/mol. The lowest BCUT2D eigenvalue weighted by Crippen LogP contribution is -2.62. The zero-order valence-corrected chi connectivity index (χ0v) is 47.3. The van der Waals surface area contributed by atoms with E-state index in [-0.39, 0.29) is 36.8 Å². The Hall–Kier alpha value is -3.96. The van der Waals surface area contributed by atoms with Crippen molar-refractivity contribution >= 4 is 16.9 Å². The molecule has 1 unspecified atom stereocenters. The number of aliphatic hydroxyl groups excluding tert-OH is 3. The summed E-state index contributed by atoms with van der Waals surface area (Å²) in [6, 6.07) is 11.0. The zero-order chi connectivity index (χ0) is 56.2. The van der Waals surface area contributed by atoms with Crippen LogP contribution in [0.4, 0.5) is 0 Å². The van der Waals surface area contributed by atoms with Crippen molar-refractivity contribution in [1.82, 2.24) is 10.2 Å². The number of aliphatic hydroxyl groups is 5. The summed E-state index contributed by atoms with van der Waals surface area (Å²) in [4.78, 5) is 29.7. The van der Waals surface area contributed by atoms with Crippen LogP contribution < -0.4 is 25.0 Å². The van der Waals surface area contributed by atoms with E-state index in [9.17, 15) is 35.1 Å². The first-order valence-corrected chi connectivity index (χ1v) is 26.9. The van der Waals surface area contributed by atoms with Gasteiger partial charge >= 0.3 is 5.97 Å². The van der Waals surface area contributed by atoms with Crippen LogP contribution in [0.5, 0.6) is 17.2 Å². The number of cyclic esters (lactones) is 1. The molecule has 3 aliphatic rings. The molecule has 3 saturated heterocycles. The van der Waals surface area contributed by atoms with Crippen LogP contribution in [0.15, 0.2) is 51.7 Å². The Morgan fingerprint density at radius 2 is 1.51 bits per heavy atom. The number of hydrogen-bond acceptors (Lipinski definition) is 19. The highest BCUT2D eigenvalue weighted by Crippen LogP contribution is 2.42. The highest BCUT2D eigenvalue weighted by Gasteiger charge is 2.54. The van der Waals surface area contributed by atoms with Gasteiger partial charge in [-0.25, -0.2) is 0 Å². The summed E-state index contributed by atoms with van der Waals surface area (Å²) in [5, 5.41) is 64.4. The summed E-state index contributed by atoms with van der Waals surface area (Å²) in [5.74, 6) is -1.94. The van der Waals surface area contributed by atoms with Crippen LogP contribution in [0.25, 0.3) is 22.3 Å². The number of carbonyl (C=O) groups is 1. The first kappa shape index (κ1) is 61.3. The molecule has 4 heterocycles. The standard InChI is InChI=1S/C57H88N2O17/c1-16-44-57(10,66)50(62)32(4)47(58-22-17-23-70-37-20-18-36(19-21-37)41-27-40(60)46-42(68-14)25-38(67-13)26-43(46)73-41)30(2)28-55(8,65)52(76-54-48(61)39(59(11)12)24-31(3)71-54)33(5)49(34(6)53(64)74-44)75-45-29-56(9,69-15)51(63)35(7)72-45/h18-21,25-27,30-35,39,44-45,47-52,54,58,61-63,65-66H,16-17,22-24,28-29H2,1-15H3/t30-,31-,32+,33+,34-,35+,39+,44-,45+,47?,48-,49+,50-,51+,52-,54+,55-,56-,57-/m1/s1. The largest absolute Gasteiger partial charge is 0.496 e. The number of hydrogen-bond donors (Lipinski definition) is 6. The van der Waals surface area contributed by atoms with E-state index in [0.29, 0.717) is 65.5 Å². The van der Waals surface area contributed by atoms with Crippen LogP contribution in [0.3, 0.4) is 0 Å². The van der Waals surface area contributed by atoms with E-state index in [4.69, 9.17) is 47.0 Å². The van der Waals surface area contributed by atoms with Gasteiger partial charge < -0.3 is 82.8 Å². The fourth-order valence-electron chi connectivity index (χ4n) is 11.9. The number of nitrogens with one attached hydrogen (secondary N) is 1. The van der Waals surface area contributed by atoms with Crippen molar-refractivity contribution in [1.29, 1.82) is 0 Å². The molecule has 0 bridgehead atoms. The van der Waals surface area contributed by atoms with Crippen molar-refractivity contribution in [2.45, 2.75) is 192 Å². The Morgan fingerprint density at radius 1 is 0.829 bits per heavy atom. The molecule has 0 aliphatic carbocycles. The highest BCUT2D eigenvalue weighted by molar-refractivity contribution is 5.86. The molecule has 19 atom stereocenters. The molecule has 0 saturated carbocycles. The summed E-state index contributed by atoms with van der Waals surface area (Å²) in [7, 11) is 8.24. The fourth-order valence-corrected chi connectivity index (χ4v) is 11.9. The third kappa shape index (κ3) is 13.5. The Morgan fingerprint density at radius 3 is 2.13 bits per heavy atom. The van der Waals surface area contributed by atoms with Crippen molar-refractivity contribution < 1.29 is 77.4 Å². The van der Waals surface area contributed by atoms with Gasteiger partial charge in [-0.1, -0.05) is 27.7 Å². The molecule has 0 spiro atoms. The van der Waals surface area contributed by atoms with Gasteiger partial charge in [-0.15, -0.1) is 0 Å². The van der Waals surface area contributed by atoms with Gasteiger partial charge in [0.05, 0.1) is 68.5 Å². The van der Waals surface area contributed by atoms with Crippen molar-refractivity contribution in [2.75, 3.05) is 48.6 Å².